The van der Waals surface area contributed by atoms with Crippen LogP contribution in [0.1, 0.15) is 67.8 Å². The molecule has 4 N–H and O–H groups in total. The van der Waals surface area contributed by atoms with Gasteiger partial charge in [-0.1, -0.05) is 20.8 Å². The molecule has 3 rings (SSSR count). The van der Waals surface area contributed by atoms with E-state index in [0.717, 1.165) is 5.39 Å². The van der Waals surface area contributed by atoms with Gasteiger partial charge in [0.25, 0.3) is 5.91 Å². The van der Waals surface area contributed by atoms with Crippen LogP contribution < -0.4 is 20.5 Å². The number of benzene rings is 2. The number of rotatable bonds is 8. The summed E-state index contributed by atoms with van der Waals surface area (Å²) in [6, 6.07) is 6.72. The molecular formula is C27H35N3O5. The van der Waals surface area contributed by atoms with Gasteiger partial charge in [0.1, 0.15) is 11.6 Å². The molecule has 0 spiro atoms. The van der Waals surface area contributed by atoms with Crippen molar-refractivity contribution in [2.24, 2.45) is 0 Å². The molecule has 0 atom stereocenters. The number of Topliss-reactive ketones (excluding diaryl/α,β-unsaturated/α-hetero) is 1. The van der Waals surface area contributed by atoms with Gasteiger partial charge in [-0.3, -0.25) is 9.59 Å². The van der Waals surface area contributed by atoms with Gasteiger partial charge in [-0.25, -0.2) is 0 Å². The molecule has 1 heterocycles. The van der Waals surface area contributed by atoms with E-state index in [9.17, 15) is 14.7 Å². The number of hydrogen-bond donors (Lipinski definition) is 3. The molecule has 35 heavy (non-hydrogen) atoms. The number of phenolic OH excluding ortho intramolecular Hbond substituents is 1. The van der Waals surface area contributed by atoms with Crippen LogP contribution in [0.4, 0.5) is 5.82 Å². The van der Waals surface area contributed by atoms with Crippen LogP contribution in [-0.4, -0.2) is 41.1 Å². The number of aromatic nitrogens is 1. The number of nitrogens with one attached hydrogen (secondary N) is 1. The molecule has 0 aliphatic rings. The zero-order valence-electron chi connectivity index (χ0n) is 21.5. The van der Waals surface area contributed by atoms with Crippen LogP contribution in [0, 0.1) is 0 Å². The Morgan fingerprint density at radius 1 is 1.14 bits per heavy atom. The molecule has 0 unspecified atom stereocenters. The first-order chi connectivity index (χ1) is 16.4. The minimum Gasteiger partial charge on any atom is -0.504 e. The Morgan fingerprint density at radius 3 is 2.40 bits per heavy atom. The number of amides is 1. The predicted octanol–water partition coefficient (Wildman–Crippen LogP) is 4.66. The maximum Gasteiger partial charge on any atom is 0.254 e. The molecule has 8 nitrogen and oxygen atoms in total. The van der Waals surface area contributed by atoms with E-state index in [4.69, 9.17) is 15.2 Å². The van der Waals surface area contributed by atoms with E-state index in [1.807, 2.05) is 41.5 Å². The van der Waals surface area contributed by atoms with Gasteiger partial charge in [0.05, 0.1) is 24.8 Å². The second kappa shape index (κ2) is 9.90. The summed E-state index contributed by atoms with van der Waals surface area (Å²) in [5.41, 5.74) is 7.41. The lowest BCUT2D eigenvalue weighted by atomic mass is 9.84. The number of fused-ring (bicyclic) bond motifs is 1. The topological polar surface area (TPSA) is 116 Å². The van der Waals surface area contributed by atoms with E-state index in [0.29, 0.717) is 40.3 Å². The molecule has 0 aliphatic heterocycles. The summed E-state index contributed by atoms with van der Waals surface area (Å²) in [5, 5.41) is 14.8. The van der Waals surface area contributed by atoms with Crippen molar-refractivity contribution in [3.8, 4) is 17.2 Å². The Hall–Kier alpha value is -3.68. The average molecular weight is 482 g/mol. The summed E-state index contributed by atoms with van der Waals surface area (Å²) < 4.78 is 13.1. The zero-order chi connectivity index (χ0) is 26.1. The number of ketones is 1. The molecule has 0 saturated carbocycles. The normalized spacial score (nSPS) is 11.7. The van der Waals surface area contributed by atoms with Gasteiger partial charge in [-0.2, -0.15) is 0 Å². The van der Waals surface area contributed by atoms with Crippen molar-refractivity contribution in [2.75, 3.05) is 19.4 Å². The largest absolute Gasteiger partial charge is 0.504 e. The third kappa shape index (κ3) is 5.37. The number of ether oxygens (including phenoxy) is 2. The number of anilines is 1. The minimum absolute atomic E-state index is 0.0186. The molecule has 2 aromatic carbocycles. The fourth-order valence-corrected chi connectivity index (χ4v) is 3.96. The lowest BCUT2D eigenvalue weighted by Gasteiger charge is -2.24. The molecule has 1 aromatic heterocycles. The first-order valence-corrected chi connectivity index (χ1v) is 11.7. The monoisotopic (exact) mass is 481 g/mol. The van der Waals surface area contributed by atoms with Crippen LogP contribution in [0.25, 0.3) is 10.8 Å². The van der Waals surface area contributed by atoms with E-state index < -0.39 is 5.41 Å². The number of hydrogen-bond acceptors (Lipinski definition) is 6. The first kappa shape index (κ1) is 25.9. The van der Waals surface area contributed by atoms with E-state index in [-0.39, 0.29) is 35.8 Å². The summed E-state index contributed by atoms with van der Waals surface area (Å²) in [5.74, 6) is 0.668. The molecule has 188 valence electrons. The fraction of sp³-hybridized carbons (Fsp3) is 0.407. The molecule has 8 heteroatoms. The van der Waals surface area contributed by atoms with Gasteiger partial charge in [0, 0.05) is 35.1 Å². The summed E-state index contributed by atoms with van der Waals surface area (Å²) in [4.78, 5) is 25.7. The Kier molecular flexibility index (Phi) is 7.33. The number of phenols is 1. The van der Waals surface area contributed by atoms with Gasteiger partial charge < -0.3 is 30.2 Å². The Balaban J connectivity index is 2.05. The number of nitrogens with zero attached hydrogens (tertiary/aromatic N) is 1. The molecule has 3 aromatic rings. The van der Waals surface area contributed by atoms with Crippen LogP contribution >= 0.6 is 0 Å². The Labute approximate surface area is 206 Å². The summed E-state index contributed by atoms with van der Waals surface area (Å²) in [6.07, 6.45) is 1.61. The van der Waals surface area contributed by atoms with Crippen molar-refractivity contribution in [2.45, 2.75) is 59.6 Å². The smallest absolute Gasteiger partial charge is 0.254 e. The minimum atomic E-state index is -0.400. The van der Waals surface area contributed by atoms with Crippen molar-refractivity contribution in [3.05, 3.63) is 47.2 Å². The van der Waals surface area contributed by atoms with Crippen molar-refractivity contribution in [1.29, 1.82) is 0 Å². The number of nitrogens with two attached hydrogens (primary N) is 1. The van der Waals surface area contributed by atoms with Gasteiger partial charge in [0.2, 0.25) is 0 Å². The maximum absolute atomic E-state index is 13.4. The third-order valence-electron chi connectivity index (χ3n) is 5.69. The highest BCUT2D eigenvalue weighted by molar-refractivity contribution is 6.05. The molecule has 0 bridgehead atoms. The summed E-state index contributed by atoms with van der Waals surface area (Å²) >= 11 is 0. The van der Waals surface area contributed by atoms with Crippen molar-refractivity contribution >= 4 is 28.3 Å². The lowest BCUT2D eigenvalue weighted by Crippen LogP contribution is -2.19. The Morgan fingerprint density at radius 2 is 1.83 bits per heavy atom. The molecular weight excluding hydrogens is 446 g/mol. The quantitative estimate of drug-likeness (QED) is 0.403. The highest BCUT2D eigenvalue weighted by atomic mass is 16.5. The molecule has 0 radical (unpaired) electrons. The van der Waals surface area contributed by atoms with Crippen LogP contribution in [0.2, 0.25) is 0 Å². The van der Waals surface area contributed by atoms with Crippen LogP contribution in [0.5, 0.6) is 17.2 Å². The van der Waals surface area contributed by atoms with E-state index in [1.54, 1.807) is 42.1 Å². The highest BCUT2D eigenvalue weighted by Crippen LogP contribution is 2.39. The SMILES string of the molecule is CCOc1cc2cn(CC(=O)c3cc(OC(C)C)c(O)c(C(C)(C)C)c3)c(N)c2cc1C(=O)NC. The molecule has 0 fully saturated rings. The molecule has 0 aliphatic carbocycles. The second-order valence-electron chi connectivity index (χ2n) is 9.80. The maximum atomic E-state index is 13.4. The van der Waals surface area contributed by atoms with Crippen molar-refractivity contribution in [3.63, 3.8) is 0 Å². The number of aromatic hydroxyl groups is 1. The Bertz CT molecular complexity index is 1270. The summed E-state index contributed by atoms with van der Waals surface area (Å²) in [6.45, 7) is 11.8. The van der Waals surface area contributed by atoms with Crippen molar-refractivity contribution in [1.82, 2.24) is 9.88 Å². The van der Waals surface area contributed by atoms with Crippen LogP contribution in [0.3, 0.4) is 0 Å². The van der Waals surface area contributed by atoms with E-state index in [1.165, 1.54) is 0 Å². The standard InChI is InChI=1S/C27H35N3O5/c1-8-34-22-11-17-13-30(25(28)18(17)12-19(22)26(33)29-7)14-21(31)16-9-20(27(4,5)6)24(32)23(10-16)35-15(2)3/h9-13,15,32H,8,14,28H2,1-7H3,(H,29,33). The average Bonchev–Trinajstić information content (AvgIpc) is 3.07. The third-order valence-corrected chi connectivity index (χ3v) is 5.69. The van der Waals surface area contributed by atoms with Gasteiger partial charge >= 0.3 is 0 Å². The van der Waals surface area contributed by atoms with Gasteiger partial charge in [-0.05, 0) is 50.5 Å². The molecule has 0 saturated heterocycles. The van der Waals surface area contributed by atoms with Crippen molar-refractivity contribution < 1.29 is 24.2 Å². The van der Waals surface area contributed by atoms with Crippen LogP contribution in [0.15, 0.2) is 30.5 Å². The van der Waals surface area contributed by atoms with E-state index >= 15 is 0 Å². The second-order valence-corrected chi connectivity index (χ2v) is 9.80. The lowest BCUT2D eigenvalue weighted by molar-refractivity contribution is 0.0955. The fourth-order valence-electron chi connectivity index (χ4n) is 3.96. The number of carbonyl (C=O) groups is 2. The van der Waals surface area contributed by atoms with Crippen LogP contribution in [-0.2, 0) is 12.0 Å². The zero-order valence-corrected chi connectivity index (χ0v) is 21.5. The van der Waals surface area contributed by atoms with E-state index in [2.05, 4.69) is 5.32 Å². The number of carbonyl (C=O) groups excluding carboxylic acids is 2. The first-order valence-electron chi connectivity index (χ1n) is 11.7. The van der Waals surface area contributed by atoms with Gasteiger partial charge in [-0.15, -0.1) is 0 Å². The number of nitrogen functional groups attached to an aromatic ring is 1. The summed E-state index contributed by atoms with van der Waals surface area (Å²) in [7, 11) is 1.55. The molecule has 1 amide bonds. The van der Waals surface area contributed by atoms with Gasteiger partial charge in [0.15, 0.2) is 17.3 Å². The predicted molar refractivity (Wildman–Crippen MR) is 138 cm³/mol. The highest BCUT2D eigenvalue weighted by Gasteiger charge is 2.25.